The highest BCUT2D eigenvalue weighted by Crippen LogP contribution is 2.28. The Labute approximate surface area is 108 Å². The number of hydrogen-bond donors (Lipinski definition) is 1. The van der Waals surface area contributed by atoms with Gasteiger partial charge in [0, 0.05) is 0 Å². The van der Waals surface area contributed by atoms with Crippen molar-refractivity contribution in [3.05, 3.63) is 36.0 Å². The van der Waals surface area contributed by atoms with E-state index in [1.807, 2.05) is 12.1 Å². The number of benzene rings is 1. The molecule has 6 heteroatoms. The molecular weight excluding hydrogens is 252 g/mol. The van der Waals surface area contributed by atoms with Gasteiger partial charge in [-0.3, -0.25) is 4.79 Å². The Morgan fingerprint density at radius 1 is 1.50 bits per heavy atom. The van der Waals surface area contributed by atoms with Crippen molar-refractivity contribution < 1.29 is 14.3 Å². The predicted octanol–water partition coefficient (Wildman–Crippen LogP) is 2.23. The summed E-state index contributed by atoms with van der Waals surface area (Å²) >= 11 is 1.26. The Balaban J connectivity index is 2.09. The molecule has 1 aromatic carbocycles. The lowest BCUT2D eigenvalue weighted by Crippen LogP contribution is -2.04. The monoisotopic (exact) mass is 264 g/mol. The molecule has 0 spiro atoms. The average molecular weight is 264 g/mol. The number of nitrogen functional groups attached to an aromatic ring is 1. The number of nitrogens with two attached hydrogens (primary N) is 1. The summed E-state index contributed by atoms with van der Waals surface area (Å²) in [5.41, 5.74) is 6.34. The third kappa shape index (κ3) is 3.21. The highest BCUT2D eigenvalue weighted by molar-refractivity contribution is 7.17. The van der Waals surface area contributed by atoms with Gasteiger partial charge in [-0.25, -0.2) is 4.98 Å². The Morgan fingerprint density at radius 3 is 3.00 bits per heavy atom. The number of anilines is 1. The molecule has 0 saturated heterocycles. The lowest BCUT2D eigenvalue weighted by Gasteiger charge is -2.04. The highest BCUT2D eigenvalue weighted by Gasteiger charge is 2.06. The molecule has 0 saturated carbocycles. The van der Waals surface area contributed by atoms with Gasteiger partial charge < -0.3 is 15.2 Å². The van der Waals surface area contributed by atoms with Crippen molar-refractivity contribution in [2.24, 2.45) is 0 Å². The first-order valence-electron chi connectivity index (χ1n) is 5.22. The van der Waals surface area contributed by atoms with Crippen LogP contribution in [0.1, 0.15) is 5.56 Å². The van der Waals surface area contributed by atoms with Crippen LogP contribution in [0.5, 0.6) is 10.8 Å². The zero-order chi connectivity index (χ0) is 13.0. The molecule has 5 nitrogen and oxygen atoms in total. The van der Waals surface area contributed by atoms with Crippen LogP contribution in [-0.2, 0) is 16.0 Å². The molecule has 18 heavy (non-hydrogen) atoms. The van der Waals surface area contributed by atoms with Gasteiger partial charge in [0.2, 0.25) is 5.06 Å². The Hall–Kier alpha value is -2.08. The van der Waals surface area contributed by atoms with E-state index in [4.69, 9.17) is 10.5 Å². The minimum atomic E-state index is -0.283. The lowest BCUT2D eigenvalue weighted by molar-refractivity contribution is -0.139. The Kier molecular flexibility index (Phi) is 3.78. The van der Waals surface area contributed by atoms with Crippen molar-refractivity contribution in [2.75, 3.05) is 12.8 Å². The Morgan fingerprint density at radius 2 is 2.33 bits per heavy atom. The minimum Gasteiger partial charge on any atom is -0.469 e. The maximum atomic E-state index is 11.2. The summed E-state index contributed by atoms with van der Waals surface area (Å²) in [6.07, 6.45) is 1.78. The molecule has 1 heterocycles. The van der Waals surface area contributed by atoms with Gasteiger partial charge in [-0.15, -0.1) is 0 Å². The van der Waals surface area contributed by atoms with Crippen molar-refractivity contribution >= 4 is 22.4 Å². The summed E-state index contributed by atoms with van der Waals surface area (Å²) in [6, 6.07) is 7.24. The van der Waals surface area contributed by atoms with Crippen molar-refractivity contribution in [3.63, 3.8) is 0 Å². The smallest absolute Gasteiger partial charge is 0.309 e. The average Bonchev–Trinajstić information content (AvgIpc) is 2.75. The summed E-state index contributed by atoms with van der Waals surface area (Å²) in [5, 5.41) is 1.07. The second-order valence-electron chi connectivity index (χ2n) is 3.52. The van der Waals surface area contributed by atoms with Crippen LogP contribution in [0, 0.1) is 0 Å². The number of carbonyl (C=O) groups is 1. The van der Waals surface area contributed by atoms with Crippen LogP contribution < -0.4 is 10.5 Å². The maximum Gasteiger partial charge on any atom is 0.309 e. The molecule has 0 fully saturated rings. The number of carbonyl (C=O) groups excluding carboxylic acids is 1. The van der Waals surface area contributed by atoms with Crippen LogP contribution in [0.25, 0.3) is 0 Å². The molecule has 2 rings (SSSR count). The van der Waals surface area contributed by atoms with E-state index in [2.05, 4.69) is 9.72 Å². The molecule has 2 aromatic rings. The SMILES string of the molecule is COC(=O)Cc1cccc(Oc2cnc(N)s2)c1. The van der Waals surface area contributed by atoms with E-state index in [1.165, 1.54) is 18.4 Å². The number of hydrogen-bond acceptors (Lipinski definition) is 6. The van der Waals surface area contributed by atoms with Gasteiger partial charge in [0.15, 0.2) is 5.13 Å². The standard InChI is InChI=1S/C12H12N2O3S/c1-16-10(15)6-8-3-2-4-9(5-8)17-11-7-14-12(13)18-11/h2-5,7H,6H2,1H3,(H2,13,14). The summed E-state index contributed by atoms with van der Waals surface area (Å²) in [6.45, 7) is 0. The molecule has 2 N–H and O–H groups in total. The van der Waals surface area contributed by atoms with Gasteiger partial charge in [0.05, 0.1) is 19.7 Å². The van der Waals surface area contributed by atoms with E-state index < -0.39 is 0 Å². The van der Waals surface area contributed by atoms with Crippen molar-refractivity contribution in [2.45, 2.75) is 6.42 Å². The van der Waals surface area contributed by atoms with Gasteiger partial charge in [0.25, 0.3) is 0 Å². The van der Waals surface area contributed by atoms with Gasteiger partial charge in [-0.1, -0.05) is 23.5 Å². The van der Waals surface area contributed by atoms with Gasteiger partial charge >= 0.3 is 5.97 Å². The molecule has 0 radical (unpaired) electrons. The molecule has 0 unspecified atom stereocenters. The molecule has 94 valence electrons. The number of esters is 1. The molecule has 0 aliphatic carbocycles. The summed E-state index contributed by atoms with van der Waals surface area (Å²) in [5.74, 6) is 0.356. The fraction of sp³-hybridized carbons (Fsp3) is 0.167. The van der Waals surface area contributed by atoms with E-state index in [0.29, 0.717) is 15.9 Å². The van der Waals surface area contributed by atoms with Crippen LogP contribution in [0.3, 0.4) is 0 Å². The number of nitrogens with zero attached hydrogens (tertiary/aromatic N) is 1. The summed E-state index contributed by atoms with van der Waals surface area (Å²) < 4.78 is 10.2. The number of thiazole rings is 1. The zero-order valence-electron chi connectivity index (χ0n) is 9.75. The normalized spacial score (nSPS) is 10.1. The van der Waals surface area contributed by atoms with Crippen LogP contribution >= 0.6 is 11.3 Å². The quantitative estimate of drug-likeness (QED) is 0.857. The summed E-state index contributed by atoms with van der Waals surface area (Å²) in [7, 11) is 1.36. The van der Waals surface area contributed by atoms with Crippen molar-refractivity contribution in [1.29, 1.82) is 0 Å². The maximum absolute atomic E-state index is 11.2. The highest BCUT2D eigenvalue weighted by atomic mass is 32.1. The first kappa shape index (κ1) is 12.4. The van der Waals surface area contributed by atoms with E-state index in [-0.39, 0.29) is 12.4 Å². The fourth-order valence-electron chi connectivity index (χ4n) is 1.39. The van der Waals surface area contributed by atoms with Crippen molar-refractivity contribution in [1.82, 2.24) is 4.98 Å². The number of aromatic nitrogens is 1. The van der Waals surface area contributed by atoms with Crippen LogP contribution in [0.2, 0.25) is 0 Å². The predicted molar refractivity (Wildman–Crippen MR) is 68.8 cm³/mol. The first-order chi connectivity index (χ1) is 8.67. The minimum absolute atomic E-state index is 0.221. The van der Waals surface area contributed by atoms with Crippen LogP contribution in [0.4, 0.5) is 5.13 Å². The van der Waals surface area contributed by atoms with Gasteiger partial charge in [-0.05, 0) is 17.7 Å². The largest absolute Gasteiger partial charge is 0.469 e. The molecular formula is C12H12N2O3S. The molecule has 0 bridgehead atoms. The molecule has 0 aliphatic rings. The van der Waals surface area contributed by atoms with E-state index >= 15 is 0 Å². The molecule has 0 aliphatic heterocycles. The third-order valence-electron chi connectivity index (χ3n) is 2.20. The number of methoxy groups -OCH3 is 1. The molecule has 0 amide bonds. The third-order valence-corrected chi connectivity index (χ3v) is 2.90. The second-order valence-corrected chi connectivity index (χ2v) is 4.54. The topological polar surface area (TPSA) is 74.4 Å². The van der Waals surface area contributed by atoms with Crippen LogP contribution in [-0.4, -0.2) is 18.1 Å². The molecule has 0 atom stereocenters. The number of rotatable bonds is 4. The van der Waals surface area contributed by atoms with E-state index in [9.17, 15) is 4.79 Å². The van der Waals surface area contributed by atoms with Gasteiger partial charge in [0.1, 0.15) is 5.75 Å². The van der Waals surface area contributed by atoms with Gasteiger partial charge in [-0.2, -0.15) is 0 Å². The lowest BCUT2D eigenvalue weighted by atomic mass is 10.1. The van der Waals surface area contributed by atoms with E-state index in [1.54, 1.807) is 18.3 Å². The second kappa shape index (κ2) is 5.50. The molecule has 1 aromatic heterocycles. The number of ether oxygens (including phenoxy) is 2. The zero-order valence-corrected chi connectivity index (χ0v) is 10.6. The fourth-order valence-corrected chi connectivity index (χ4v) is 1.95. The van der Waals surface area contributed by atoms with Crippen molar-refractivity contribution in [3.8, 4) is 10.8 Å². The first-order valence-corrected chi connectivity index (χ1v) is 6.04. The summed E-state index contributed by atoms with van der Waals surface area (Å²) in [4.78, 5) is 15.1. The Bertz CT molecular complexity index is 554. The van der Waals surface area contributed by atoms with Crippen LogP contribution in [0.15, 0.2) is 30.5 Å². The van der Waals surface area contributed by atoms with E-state index in [0.717, 1.165) is 5.56 Å².